The van der Waals surface area contributed by atoms with E-state index in [9.17, 15) is 9.59 Å². The maximum Gasteiger partial charge on any atom is 0.313 e. The highest BCUT2D eigenvalue weighted by molar-refractivity contribution is 6.39. The number of anilines is 1. The molecule has 2 N–H and O–H groups in total. The van der Waals surface area contributed by atoms with Gasteiger partial charge in [0, 0.05) is 18.8 Å². The molecule has 1 unspecified atom stereocenters. The molecule has 1 heterocycles. The molecule has 1 aromatic rings. The zero-order chi connectivity index (χ0) is 14.4. The molecule has 0 aromatic heterocycles. The summed E-state index contributed by atoms with van der Waals surface area (Å²) in [4.78, 5) is 23.3. The molecule has 1 saturated heterocycles. The van der Waals surface area contributed by atoms with Crippen LogP contribution in [0.15, 0.2) is 24.3 Å². The first-order valence-electron chi connectivity index (χ1n) is 6.54. The second-order valence-electron chi connectivity index (χ2n) is 4.53. The van der Waals surface area contributed by atoms with E-state index in [0.717, 1.165) is 19.4 Å². The van der Waals surface area contributed by atoms with Gasteiger partial charge in [-0.15, -0.1) is 0 Å². The van der Waals surface area contributed by atoms with Crippen molar-refractivity contribution in [2.45, 2.75) is 18.9 Å². The third-order valence-electron chi connectivity index (χ3n) is 3.07. The molecule has 1 aliphatic rings. The van der Waals surface area contributed by atoms with Crippen LogP contribution in [0.1, 0.15) is 12.8 Å². The summed E-state index contributed by atoms with van der Waals surface area (Å²) >= 11 is 0. The number of methoxy groups -OCH3 is 1. The third kappa shape index (κ3) is 3.96. The van der Waals surface area contributed by atoms with E-state index in [1.807, 2.05) is 0 Å². The van der Waals surface area contributed by atoms with E-state index in [1.165, 1.54) is 0 Å². The average molecular weight is 278 g/mol. The minimum atomic E-state index is -0.687. The van der Waals surface area contributed by atoms with Crippen molar-refractivity contribution in [1.82, 2.24) is 5.32 Å². The topological polar surface area (TPSA) is 76.7 Å². The predicted octanol–water partition coefficient (Wildman–Crippen LogP) is 0.929. The first-order chi connectivity index (χ1) is 9.69. The first kappa shape index (κ1) is 14.3. The monoisotopic (exact) mass is 278 g/mol. The quantitative estimate of drug-likeness (QED) is 0.803. The van der Waals surface area contributed by atoms with Crippen molar-refractivity contribution in [2.24, 2.45) is 0 Å². The van der Waals surface area contributed by atoms with Crippen molar-refractivity contribution in [2.75, 3.05) is 25.6 Å². The first-order valence-corrected chi connectivity index (χ1v) is 6.54. The van der Waals surface area contributed by atoms with Crippen LogP contribution in [0.25, 0.3) is 0 Å². The normalized spacial score (nSPS) is 17.6. The molecule has 1 atom stereocenters. The van der Waals surface area contributed by atoms with Gasteiger partial charge in [-0.2, -0.15) is 0 Å². The SMILES string of the molecule is COc1ccc(NC(=O)C(=O)NCC2CCCO2)cc1. The van der Waals surface area contributed by atoms with E-state index in [4.69, 9.17) is 9.47 Å². The summed E-state index contributed by atoms with van der Waals surface area (Å²) in [6, 6.07) is 6.76. The smallest absolute Gasteiger partial charge is 0.313 e. The molecule has 2 rings (SSSR count). The lowest BCUT2D eigenvalue weighted by Crippen LogP contribution is -2.39. The van der Waals surface area contributed by atoms with E-state index >= 15 is 0 Å². The number of carbonyl (C=O) groups is 2. The lowest BCUT2D eigenvalue weighted by atomic mass is 10.2. The van der Waals surface area contributed by atoms with Gasteiger partial charge >= 0.3 is 11.8 Å². The molecule has 108 valence electrons. The zero-order valence-corrected chi connectivity index (χ0v) is 11.3. The second-order valence-corrected chi connectivity index (χ2v) is 4.53. The molecule has 1 aliphatic heterocycles. The highest BCUT2D eigenvalue weighted by Gasteiger charge is 2.19. The number of benzene rings is 1. The fraction of sp³-hybridized carbons (Fsp3) is 0.429. The van der Waals surface area contributed by atoms with Gasteiger partial charge in [0.2, 0.25) is 0 Å². The lowest BCUT2D eigenvalue weighted by Gasteiger charge is -2.10. The Morgan fingerprint density at radius 1 is 1.30 bits per heavy atom. The second kappa shape index (κ2) is 6.91. The van der Waals surface area contributed by atoms with Crippen molar-refractivity contribution >= 4 is 17.5 Å². The summed E-state index contributed by atoms with van der Waals surface area (Å²) in [6.45, 7) is 1.09. The van der Waals surface area contributed by atoms with Gasteiger partial charge in [0.15, 0.2) is 0 Å². The Bertz CT molecular complexity index is 467. The fourth-order valence-corrected chi connectivity index (χ4v) is 1.95. The minimum absolute atomic E-state index is 0.0211. The Labute approximate surface area is 117 Å². The van der Waals surface area contributed by atoms with Crippen LogP contribution >= 0.6 is 0 Å². The Morgan fingerprint density at radius 3 is 2.65 bits per heavy atom. The fourth-order valence-electron chi connectivity index (χ4n) is 1.95. The predicted molar refractivity (Wildman–Crippen MR) is 73.6 cm³/mol. The molecule has 0 saturated carbocycles. The number of carbonyl (C=O) groups excluding carboxylic acids is 2. The van der Waals surface area contributed by atoms with Crippen LogP contribution in [0, 0.1) is 0 Å². The van der Waals surface area contributed by atoms with Crippen LogP contribution in [0.5, 0.6) is 5.75 Å². The summed E-state index contributed by atoms with van der Waals surface area (Å²) in [5.74, 6) is -0.657. The van der Waals surface area contributed by atoms with E-state index in [-0.39, 0.29) is 6.10 Å². The Morgan fingerprint density at radius 2 is 2.05 bits per heavy atom. The molecule has 1 fully saturated rings. The molecule has 6 heteroatoms. The maximum atomic E-state index is 11.7. The van der Waals surface area contributed by atoms with E-state index in [0.29, 0.717) is 18.0 Å². The Balaban J connectivity index is 1.78. The molecule has 0 bridgehead atoms. The van der Waals surface area contributed by atoms with Gasteiger partial charge in [0.25, 0.3) is 0 Å². The van der Waals surface area contributed by atoms with Gasteiger partial charge in [0.05, 0.1) is 13.2 Å². The van der Waals surface area contributed by atoms with E-state index < -0.39 is 11.8 Å². The Hall–Kier alpha value is -2.08. The summed E-state index contributed by atoms with van der Waals surface area (Å²) in [5, 5.41) is 5.09. The van der Waals surface area contributed by atoms with Crippen molar-refractivity contribution in [3.63, 3.8) is 0 Å². The molecule has 1 aromatic carbocycles. The zero-order valence-electron chi connectivity index (χ0n) is 11.3. The van der Waals surface area contributed by atoms with Gasteiger partial charge < -0.3 is 20.1 Å². The number of amides is 2. The third-order valence-corrected chi connectivity index (χ3v) is 3.07. The molecule has 0 radical (unpaired) electrons. The lowest BCUT2D eigenvalue weighted by molar-refractivity contribution is -0.136. The number of hydrogen-bond acceptors (Lipinski definition) is 4. The van der Waals surface area contributed by atoms with Crippen LogP contribution in [0.2, 0.25) is 0 Å². The van der Waals surface area contributed by atoms with Crippen LogP contribution < -0.4 is 15.4 Å². The molecular formula is C14H18N2O4. The maximum absolute atomic E-state index is 11.7. The van der Waals surface area contributed by atoms with Gasteiger partial charge in [-0.3, -0.25) is 9.59 Å². The molecule has 20 heavy (non-hydrogen) atoms. The molecule has 2 amide bonds. The van der Waals surface area contributed by atoms with Crippen LogP contribution in [0.4, 0.5) is 5.69 Å². The summed E-state index contributed by atoms with van der Waals surface area (Å²) in [6.07, 6.45) is 1.94. The number of rotatable bonds is 4. The molecule has 0 aliphatic carbocycles. The van der Waals surface area contributed by atoms with Gasteiger partial charge in [-0.05, 0) is 37.1 Å². The van der Waals surface area contributed by atoms with Crippen LogP contribution in [-0.2, 0) is 14.3 Å². The molecule has 6 nitrogen and oxygen atoms in total. The summed E-state index contributed by atoms with van der Waals surface area (Å²) < 4.78 is 10.4. The van der Waals surface area contributed by atoms with Crippen molar-refractivity contribution in [1.29, 1.82) is 0 Å². The highest BCUT2D eigenvalue weighted by Crippen LogP contribution is 2.15. The number of hydrogen-bond donors (Lipinski definition) is 2. The summed E-state index contributed by atoms with van der Waals surface area (Å²) in [5.41, 5.74) is 0.545. The van der Waals surface area contributed by atoms with Crippen LogP contribution in [-0.4, -0.2) is 38.2 Å². The highest BCUT2D eigenvalue weighted by atomic mass is 16.5. The van der Waals surface area contributed by atoms with Crippen molar-refractivity contribution < 1.29 is 19.1 Å². The van der Waals surface area contributed by atoms with Crippen molar-refractivity contribution in [3.8, 4) is 5.75 Å². The molecule has 0 spiro atoms. The standard InChI is InChI=1S/C14H18N2O4/c1-19-11-6-4-10(5-7-11)16-14(18)13(17)15-9-12-3-2-8-20-12/h4-7,12H,2-3,8-9H2,1H3,(H,15,17)(H,16,18). The Kier molecular flexibility index (Phi) is 4.95. The number of nitrogens with one attached hydrogen (secondary N) is 2. The van der Waals surface area contributed by atoms with Gasteiger partial charge in [-0.1, -0.05) is 0 Å². The van der Waals surface area contributed by atoms with Gasteiger partial charge in [0.1, 0.15) is 5.75 Å². The van der Waals surface area contributed by atoms with Crippen LogP contribution in [0.3, 0.4) is 0 Å². The van der Waals surface area contributed by atoms with E-state index in [2.05, 4.69) is 10.6 Å². The average Bonchev–Trinajstić information content (AvgIpc) is 2.98. The molecular weight excluding hydrogens is 260 g/mol. The summed E-state index contributed by atoms with van der Waals surface area (Å²) in [7, 11) is 1.56. The largest absolute Gasteiger partial charge is 0.497 e. The van der Waals surface area contributed by atoms with E-state index in [1.54, 1.807) is 31.4 Å². The van der Waals surface area contributed by atoms with Crippen molar-refractivity contribution in [3.05, 3.63) is 24.3 Å². The van der Waals surface area contributed by atoms with Gasteiger partial charge in [-0.25, -0.2) is 0 Å². The number of ether oxygens (including phenoxy) is 2. The minimum Gasteiger partial charge on any atom is -0.497 e.